The number of aryl methyl sites for hydroxylation is 1. The molecule has 25 heavy (non-hydrogen) atoms. The fourth-order valence-electron chi connectivity index (χ4n) is 2.00. The lowest BCUT2D eigenvalue weighted by atomic mass is 10.2. The van der Waals surface area contributed by atoms with Gasteiger partial charge in [-0.15, -0.1) is 20.4 Å². The van der Waals surface area contributed by atoms with Gasteiger partial charge in [-0.2, -0.15) is 0 Å². The first-order valence-electron chi connectivity index (χ1n) is 7.47. The van der Waals surface area contributed by atoms with Crippen molar-refractivity contribution in [1.82, 2.24) is 25.0 Å². The number of carbonyl (C=O) groups excluding carboxylic acids is 1. The Morgan fingerprint density at radius 2 is 2.08 bits per heavy atom. The van der Waals surface area contributed by atoms with E-state index in [0.29, 0.717) is 21.7 Å². The number of hydrogen-bond acceptors (Lipinski definition) is 7. The third kappa shape index (κ3) is 4.20. The van der Waals surface area contributed by atoms with Crippen LogP contribution in [0.15, 0.2) is 35.7 Å². The monoisotopic (exact) mass is 378 g/mol. The molecule has 0 aliphatic carbocycles. The van der Waals surface area contributed by atoms with Gasteiger partial charge in [0.15, 0.2) is 5.16 Å². The highest BCUT2D eigenvalue weighted by molar-refractivity contribution is 8.00. The summed E-state index contributed by atoms with van der Waals surface area (Å²) >= 11 is 2.59. The second kappa shape index (κ2) is 7.70. The van der Waals surface area contributed by atoms with Gasteiger partial charge in [-0.05, 0) is 30.7 Å². The van der Waals surface area contributed by atoms with Crippen LogP contribution in [0.25, 0.3) is 10.6 Å². The van der Waals surface area contributed by atoms with Gasteiger partial charge in [0.1, 0.15) is 17.2 Å². The Hall–Kier alpha value is -2.33. The molecule has 0 aliphatic heterocycles. The zero-order valence-electron chi connectivity index (χ0n) is 13.5. The molecule has 1 aromatic carbocycles. The molecule has 130 valence electrons. The van der Waals surface area contributed by atoms with Crippen molar-refractivity contribution in [3.05, 3.63) is 36.4 Å². The molecular weight excluding hydrogens is 363 g/mol. The fourth-order valence-corrected chi connectivity index (χ4v) is 3.64. The lowest BCUT2D eigenvalue weighted by Gasteiger charge is -2.12. The molecule has 0 spiro atoms. The second-order valence-corrected chi connectivity index (χ2v) is 7.30. The molecule has 3 aromatic rings. The number of nitrogens with one attached hydrogen (secondary N) is 1. The molecule has 3 rings (SSSR count). The fraction of sp³-hybridized carbons (Fsp3) is 0.267. The van der Waals surface area contributed by atoms with Crippen LogP contribution in [0, 0.1) is 5.82 Å². The second-order valence-electron chi connectivity index (χ2n) is 5.15. The topological polar surface area (TPSA) is 85.6 Å². The highest BCUT2D eigenvalue weighted by Crippen LogP contribution is 2.28. The Balaban J connectivity index is 1.68. The van der Waals surface area contributed by atoms with Gasteiger partial charge >= 0.3 is 0 Å². The van der Waals surface area contributed by atoms with Crippen LogP contribution in [0.3, 0.4) is 0 Å². The number of benzene rings is 1. The first-order valence-corrected chi connectivity index (χ1v) is 9.17. The molecule has 0 radical (unpaired) electrons. The first-order chi connectivity index (χ1) is 12.1. The van der Waals surface area contributed by atoms with E-state index in [4.69, 9.17) is 0 Å². The molecule has 10 heteroatoms. The normalized spacial score (nSPS) is 12.1. The Morgan fingerprint density at radius 3 is 2.72 bits per heavy atom. The Morgan fingerprint density at radius 1 is 1.32 bits per heavy atom. The van der Waals surface area contributed by atoms with E-state index >= 15 is 0 Å². The van der Waals surface area contributed by atoms with Gasteiger partial charge < -0.3 is 4.57 Å². The summed E-state index contributed by atoms with van der Waals surface area (Å²) in [5.74, 6) is -0.481. The molecule has 2 heterocycles. The molecule has 2 aromatic heterocycles. The Bertz CT molecular complexity index is 863. The highest BCUT2D eigenvalue weighted by Gasteiger charge is 2.21. The summed E-state index contributed by atoms with van der Waals surface area (Å²) in [4.78, 5) is 12.5. The van der Waals surface area contributed by atoms with E-state index in [9.17, 15) is 9.18 Å². The number of thioether (sulfide) groups is 1. The summed E-state index contributed by atoms with van der Waals surface area (Å²) in [5.41, 5.74) is 0.750. The SMILES string of the molecule is CCC(Sc1nncn1C)C(=O)Nc1nnc(-c2ccc(F)cc2)s1. The third-order valence-electron chi connectivity index (χ3n) is 3.33. The van der Waals surface area contributed by atoms with E-state index in [1.54, 1.807) is 23.0 Å². The maximum atomic E-state index is 13.0. The molecule has 0 saturated heterocycles. The van der Waals surface area contributed by atoms with Crippen molar-refractivity contribution in [2.45, 2.75) is 23.8 Å². The highest BCUT2D eigenvalue weighted by atomic mass is 32.2. The van der Waals surface area contributed by atoms with Crippen LogP contribution in [0.5, 0.6) is 0 Å². The summed E-state index contributed by atoms with van der Waals surface area (Å²) in [6, 6.07) is 5.97. The third-order valence-corrected chi connectivity index (χ3v) is 5.63. The molecule has 1 N–H and O–H groups in total. The zero-order valence-corrected chi connectivity index (χ0v) is 15.1. The van der Waals surface area contributed by atoms with Crippen molar-refractivity contribution < 1.29 is 9.18 Å². The van der Waals surface area contributed by atoms with E-state index < -0.39 is 0 Å². The molecule has 0 saturated carbocycles. The Kier molecular flexibility index (Phi) is 5.39. The van der Waals surface area contributed by atoms with Gasteiger partial charge in [0.25, 0.3) is 0 Å². The van der Waals surface area contributed by atoms with Crippen molar-refractivity contribution in [2.75, 3.05) is 5.32 Å². The predicted octanol–water partition coefficient (Wildman–Crippen LogP) is 2.98. The minimum Gasteiger partial charge on any atom is -0.312 e. The lowest BCUT2D eigenvalue weighted by molar-refractivity contribution is -0.115. The standard InChI is InChI=1S/C15H15FN6OS2/c1-3-11(24-15-21-17-8-22(15)2)12(23)18-14-20-19-13(25-14)9-4-6-10(16)7-5-9/h4-8,11H,3H2,1-2H3,(H,18,20,23). The average Bonchev–Trinajstić information content (AvgIpc) is 3.22. The van der Waals surface area contributed by atoms with Gasteiger partial charge in [-0.25, -0.2) is 4.39 Å². The minimum atomic E-state index is -0.318. The van der Waals surface area contributed by atoms with Crippen LogP contribution in [-0.2, 0) is 11.8 Å². The van der Waals surface area contributed by atoms with E-state index in [1.165, 1.54) is 35.2 Å². The summed E-state index contributed by atoms with van der Waals surface area (Å²) in [6.45, 7) is 1.93. The van der Waals surface area contributed by atoms with Gasteiger partial charge in [0, 0.05) is 12.6 Å². The van der Waals surface area contributed by atoms with Crippen LogP contribution in [0.4, 0.5) is 9.52 Å². The number of nitrogens with zero attached hydrogens (tertiary/aromatic N) is 5. The van der Waals surface area contributed by atoms with Crippen molar-refractivity contribution in [3.8, 4) is 10.6 Å². The predicted molar refractivity (Wildman–Crippen MR) is 94.9 cm³/mol. The van der Waals surface area contributed by atoms with Crippen molar-refractivity contribution in [1.29, 1.82) is 0 Å². The lowest BCUT2D eigenvalue weighted by Crippen LogP contribution is -2.24. The molecule has 1 unspecified atom stereocenters. The van der Waals surface area contributed by atoms with Gasteiger partial charge in [-0.1, -0.05) is 30.0 Å². The first kappa shape index (κ1) is 17.5. The number of anilines is 1. The quantitative estimate of drug-likeness (QED) is 0.664. The molecule has 1 amide bonds. The van der Waals surface area contributed by atoms with Crippen molar-refractivity contribution in [2.24, 2.45) is 7.05 Å². The molecular formula is C15H15FN6OS2. The average molecular weight is 378 g/mol. The molecule has 0 aliphatic rings. The summed E-state index contributed by atoms with van der Waals surface area (Å²) in [6.07, 6.45) is 2.22. The van der Waals surface area contributed by atoms with Crippen LogP contribution in [0.1, 0.15) is 13.3 Å². The number of carbonyl (C=O) groups is 1. The number of hydrogen-bond donors (Lipinski definition) is 1. The van der Waals surface area contributed by atoms with Gasteiger partial charge in [-0.3, -0.25) is 10.1 Å². The minimum absolute atomic E-state index is 0.169. The van der Waals surface area contributed by atoms with Crippen LogP contribution >= 0.6 is 23.1 Å². The van der Waals surface area contributed by atoms with Gasteiger partial charge in [0.2, 0.25) is 11.0 Å². The van der Waals surface area contributed by atoms with Crippen LogP contribution in [-0.4, -0.2) is 36.1 Å². The number of rotatable bonds is 6. The number of amides is 1. The number of halogens is 1. The maximum absolute atomic E-state index is 13.0. The van der Waals surface area contributed by atoms with Gasteiger partial charge in [0.05, 0.1) is 5.25 Å². The Labute approximate surface area is 151 Å². The molecule has 1 atom stereocenters. The molecule has 0 bridgehead atoms. The van der Waals surface area contributed by atoms with Crippen molar-refractivity contribution >= 4 is 34.1 Å². The summed E-state index contributed by atoms with van der Waals surface area (Å²) in [7, 11) is 1.83. The molecule has 0 fully saturated rings. The summed E-state index contributed by atoms with van der Waals surface area (Å²) in [5, 5.41) is 20.0. The van der Waals surface area contributed by atoms with Crippen LogP contribution in [0.2, 0.25) is 0 Å². The van der Waals surface area contributed by atoms with E-state index in [1.807, 2.05) is 14.0 Å². The smallest absolute Gasteiger partial charge is 0.239 e. The summed E-state index contributed by atoms with van der Waals surface area (Å²) < 4.78 is 14.8. The van der Waals surface area contributed by atoms with E-state index in [0.717, 1.165) is 5.56 Å². The zero-order chi connectivity index (χ0) is 17.8. The maximum Gasteiger partial charge on any atom is 0.239 e. The van der Waals surface area contributed by atoms with E-state index in [2.05, 4.69) is 25.7 Å². The largest absolute Gasteiger partial charge is 0.312 e. The van der Waals surface area contributed by atoms with Crippen molar-refractivity contribution in [3.63, 3.8) is 0 Å². The number of aromatic nitrogens is 5. The molecule has 7 nitrogen and oxygen atoms in total. The van der Waals surface area contributed by atoms with E-state index in [-0.39, 0.29) is 17.0 Å². The van der Waals surface area contributed by atoms with Crippen LogP contribution < -0.4 is 5.32 Å².